The van der Waals surface area contributed by atoms with Crippen LogP contribution in [0.25, 0.3) is 0 Å². The van der Waals surface area contributed by atoms with Gasteiger partial charge in [-0.1, -0.05) is 18.2 Å². The molecule has 0 radical (unpaired) electrons. The van der Waals surface area contributed by atoms with Crippen LogP contribution in [0, 0.1) is 0 Å². The summed E-state index contributed by atoms with van der Waals surface area (Å²) in [6.07, 6.45) is 4.39. The highest BCUT2D eigenvalue weighted by molar-refractivity contribution is 5.43. The van der Waals surface area contributed by atoms with Crippen LogP contribution in [0.4, 0.5) is 11.8 Å². The maximum absolute atomic E-state index is 5.80. The smallest absolute Gasteiger partial charge is 0.224 e. The number of ether oxygens (including phenoxy) is 3. The minimum absolute atomic E-state index is 0.362. The van der Waals surface area contributed by atoms with Crippen molar-refractivity contribution in [3.05, 3.63) is 42.1 Å². The third-order valence-corrected chi connectivity index (χ3v) is 5.17. The molecule has 0 aliphatic carbocycles. The molecule has 144 valence electrons. The van der Waals surface area contributed by atoms with Crippen molar-refractivity contribution in [1.82, 2.24) is 9.97 Å². The van der Waals surface area contributed by atoms with Gasteiger partial charge in [-0.2, -0.15) is 4.98 Å². The van der Waals surface area contributed by atoms with Gasteiger partial charge in [0.2, 0.25) is 5.95 Å². The molecule has 0 saturated carbocycles. The van der Waals surface area contributed by atoms with E-state index in [9.17, 15) is 0 Å². The second kappa shape index (κ2) is 8.10. The first-order valence-electron chi connectivity index (χ1n) is 9.50. The number of benzene rings is 1. The summed E-state index contributed by atoms with van der Waals surface area (Å²) in [5.41, 5.74) is 1.17. The highest BCUT2D eigenvalue weighted by atomic mass is 16.7. The zero-order valence-corrected chi connectivity index (χ0v) is 15.7. The monoisotopic (exact) mass is 370 g/mol. The van der Waals surface area contributed by atoms with Crippen molar-refractivity contribution >= 4 is 11.8 Å². The van der Waals surface area contributed by atoms with E-state index in [-0.39, 0.29) is 5.79 Å². The van der Waals surface area contributed by atoms with E-state index in [1.54, 1.807) is 13.3 Å². The third-order valence-electron chi connectivity index (χ3n) is 5.17. The number of aromatic nitrogens is 2. The van der Waals surface area contributed by atoms with E-state index in [0.29, 0.717) is 19.2 Å². The first kappa shape index (κ1) is 18.0. The van der Waals surface area contributed by atoms with Crippen molar-refractivity contribution in [2.75, 3.05) is 50.2 Å². The Labute approximate surface area is 159 Å². The molecule has 1 aromatic carbocycles. The van der Waals surface area contributed by atoms with Gasteiger partial charge in [0.1, 0.15) is 11.6 Å². The van der Waals surface area contributed by atoms with E-state index in [1.807, 2.05) is 24.3 Å². The lowest BCUT2D eigenvalue weighted by Gasteiger charge is -2.38. The summed E-state index contributed by atoms with van der Waals surface area (Å²) in [6, 6.07) is 10.0. The van der Waals surface area contributed by atoms with Gasteiger partial charge in [0.25, 0.3) is 0 Å². The Hall–Kier alpha value is -2.38. The van der Waals surface area contributed by atoms with Gasteiger partial charge in [-0.15, -0.1) is 0 Å². The molecule has 0 amide bonds. The number of para-hydroxylation sites is 1. The summed E-state index contributed by atoms with van der Waals surface area (Å²) >= 11 is 0. The van der Waals surface area contributed by atoms with Gasteiger partial charge in [-0.05, 0) is 24.1 Å². The van der Waals surface area contributed by atoms with Crippen LogP contribution in [0.2, 0.25) is 0 Å². The first-order chi connectivity index (χ1) is 13.3. The normalized spacial score (nSPS) is 18.6. The fraction of sp³-hybridized carbons (Fsp3) is 0.500. The zero-order valence-electron chi connectivity index (χ0n) is 15.7. The van der Waals surface area contributed by atoms with Crippen molar-refractivity contribution in [1.29, 1.82) is 0 Å². The average Bonchev–Trinajstić information content (AvgIpc) is 3.17. The van der Waals surface area contributed by atoms with Crippen LogP contribution in [0.5, 0.6) is 5.75 Å². The number of hydrogen-bond donors (Lipinski definition) is 1. The van der Waals surface area contributed by atoms with Crippen LogP contribution in [0.1, 0.15) is 18.4 Å². The van der Waals surface area contributed by atoms with Gasteiger partial charge in [-0.25, -0.2) is 4.98 Å². The predicted molar refractivity (Wildman–Crippen MR) is 103 cm³/mol. The van der Waals surface area contributed by atoms with Crippen LogP contribution < -0.4 is 15.0 Å². The fourth-order valence-corrected chi connectivity index (χ4v) is 3.69. The minimum Gasteiger partial charge on any atom is -0.496 e. The molecule has 1 spiro atoms. The van der Waals surface area contributed by atoms with Gasteiger partial charge in [-0.3, -0.25) is 0 Å². The molecular weight excluding hydrogens is 344 g/mol. The number of nitrogens with one attached hydrogen (secondary N) is 1. The molecule has 2 saturated heterocycles. The third kappa shape index (κ3) is 4.14. The van der Waals surface area contributed by atoms with Crippen molar-refractivity contribution < 1.29 is 14.2 Å². The Morgan fingerprint density at radius 2 is 1.93 bits per heavy atom. The molecule has 0 atom stereocenters. The molecule has 7 nitrogen and oxygen atoms in total. The van der Waals surface area contributed by atoms with Crippen LogP contribution in [0.15, 0.2) is 36.5 Å². The quantitative estimate of drug-likeness (QED) is 0.838. The highest BCUT2D eigenvalue weighted by Crippen LogP contribution is 2.32. The Bertz CT molecular complexity index is 754. The number of nitrogens with zero attached hydrogens (tertiary/aromatic N) is 3. The second-order valence-electron chi connectivity index (χ2n) is 6.82. The van der Waals surface area contributed by atoms with Crippen molar-refractivity contribution in [2.45, 2.75) is 25.0 Å². The first-order valence-corrected chi connectivity index (χ1v) is 9.50. The van der Waals surface area contributed by atoms with E-state index in [1.165, 1.54) is 5.56 Å². The van der Waals surface area contributed by atoms with Gasteiger partial charge in [0.05, 0.1) is 20.3 Å². The van der Waals surface area contributed by atoms with Crippen LogP contribution in [-0.2, 0) is 15.9 Å². The lowest BCUT2D eigenvalue weighted by atomic mass is 10.0. The van der Waals surface area contributed by atoms with E-state index in [4.69, 9.17) is 14.2 Å². The summed E-state index contributed by atoms with van der Waals surface area (Å²) in [5.74, 6) is 2.14. The molecular formula is C20H26N4O3. The van der Waals surface area contributed by atoms with Crippen molar-refractivity contribution in [2.24, 2.45) is 0 Å². The number of hydrogen-bond acceptors (Lipinski definition) is 7. The number of methoxy groups -OCH3 is 1. The zero-order chi connectivity index (χ0) is 18.5. The number of piperidine rings is 1. The minimum atomic E-state index is -0.362. The van der Waals surface area contributed by atoms with E-state index < -0.39 is 0 Å². The molecule has 2 aromatic rings. The molecule has 1 N–H and O–H groups in total. The van der Waals surface area contributed by atoms with Crippen molar-refractivity contribution in [3.8, 4) is 5.75 Å². The highest BCUT2D eigenvalue weighted by Gasteiger charge is 2.40. The summed E-state index contributed by atoms with van der Waals surface area (Å²) in [7, 11) is 1.70. The lowest BCUT2D eigenvalue weighted by molar-refractivity contribution is -0.169. The standard InChI is InChI=1S/C20H26N4O3/c1-25-17-5-3-2-4-16(17)6-10-21-19-22-11-7-18(23-19)24-12-8-20(9-13-24)26-14-15-27-20/h2-5,7,11H,6,8-10,12-15H2,1H3,(H,21,22,23). The Kier molecular flexibility index (Phi) is 5.40. The van der Waals surface area contributed by atoms with Crippen molar-refractivity contribution in [3.63, 3.8) is 0 Å². The maximum Gasteiger partial charge on any atom is 0.224 e. The maximum atomic E-state index is 5.80. The number of rotatable bonds is 6. The van der Waals surface area contributed by atoms with Gasteiger partial charge >= 0.3 is 0 Å². The van der Waals surface area contributed by atoms with Gasteiger partial charge in [0.15, 0.2) is 5.79 Å². The molecule has 1 aromatic heterocycles. The Morgan fingerprint density at radius 1 is 1.15 bits per heavy atom. The summed E-state index contributed by atoms with van der Waals surface area (Å²) < 4.78 is 17.0. The van der Waals surface area contributed by atoms with Crippen LogP contribution in [0.3, 0.4) is 0 Å². The molecule has 0 unspecified atom stereocenters. The Morgan fingerprint density at radius 3 is 2.70 bits per heavy atom. The molecule has 7 heteroatoms. The lowest BCUT2D eigenvalue weighted by Crippen LogP contribution is -2.45. The fourth-order valence-electron chi connectivity index (χ4n) is 3.69. The van der Waals surface area contributed by atoms with Gasteiger partial charge < -0.3 is 24.4 Å². The molecule has 27 heavy (non-hydrogen) atoms. The summed E-state index contributed by atoms with van der Waals surface area (Å²) in [6.45, 7) is 3.89. The topological polar surface area (TPSA) is 68.7 Å². The average molecular weight is 370 g/mol. The predicted octanol–water partition coefficient (Wildman–Crippen LogP) is 2.48. The second-order valence-corrected chi connectivity index (χ2v) is 6.82. The van der Waals surface area contributed by atoms with E-state index >= 15 is 0 Å². The largest absolute Gasteiger partial charge is 0.496 e. The van der Waals surface area contributed by atoms with Gasteiger partial charge in [0, 0.05) is 38.7 Å². The van der Waals surface area contributed by atoms with E-state index in [0.717, 1.165) is 50.5 Å². The molecule has 2 aliphatic rings. The van der Waals surface area contributed by atoms with Crippen LogP contribution in [-0.4, -0.2) is 55.7 Å². The molecule has 2 aliphatic heterocycles. The number of anilines is 2. The molecule has 0 bridgehead atoms. The molecule has 4 rings (SSSR count). The molecule has 2 fully saturated rings. The van der Waals surface area contributed by atoms with Crippen LogP contribution >= 0.6 is 0 Å². The molecule has 3 heterocycles. The summed E-state index contributed by atoms with van der Waals surface area (Å²) in [4.78, 5) is 11.3. The van der Waals surface area contributed by atoms with E-state index in [2.05, 4.69) is 26.3 Å². The summed E-state index contributed by atoms with van der Waals surface area (Å²) in [5, 5.41) is 3.32. The Balaban J connectivity index is 1.33. The SMILES string of the molecule is COc1ccccc1CCNc1nccc(N2CCC3(CC2)OCCO3)n1.